The van der Waals surface area contributed by atoms with Crippen molar-refractivity contribution in [1.82, 2.24) is 14.2 Å². The molecule has 4 rings (SSSR count). The molecule has 0 atom stereocenters. The van der Waals surface area contributed by atoms with Crippen molar-refractivity contribution in [3.05, 3.63) is 41.1 Å². The molecule has 0 saturated carbocycles. The highest BCUT2D eigenvalue weighted by Crippen LogP contribution is 2.31. The Hall–Kier alpha value is -1.99. The summed E-state index contributed by atoms with van der Waals surface area (Å²) in [5.74, 6) is 0.110. The van der Waals surface area contributed by atoms with E-state index in [2.05, 4.69) is 0 Å². The van der Waals surface area contributed by atoms with Gasteiger partial charge in [0.15, 0.2) is 0 Å². The van der Waals surface area contributed by atoms with Gasteiger partial charge in [0.2, 0.25) is 10.0 Å². The molecular formula is C19H23N3O3S. The number of piperazine rings is 1. The average molecular weight is 373 g/mol. The number of aromatic nitrogens is 1. The van der Waals surface area contributed by atoms with Crippen molar-refractivity contribution in [3.8, 4) is 0 Å². The lowest BCUT2D eigenvalue weighted by atomic mass is 10.00. The summed E-state index contributed by atoms with van der Waals surface area (Å²) in [5.41, 5.74) is 3.76. The number of amides is 1. The maximum Gasteiger partial charge on any atom is 0.254 e. The van der Waals surface area contributed by atoms with E-state index in [1.165, 1.54) is 4.31 Å². The van der Waals surface area contributed by atoms with Crippen LogP contribution in [0.15, 0.2) is 24.3 Å². The highest BCUT2D eigenvalue weighted by molar-refractivity contribution is 7.89. The molecule has 0 spiro atoms. The summed E-state index contributed by atoms with van der Waals surface area (Å²) in [5, 5.41) is 0.904. The number of fused-ring (bicyclic) bond motifs is 2. The second-order valence-corrected chi connectivity index (χ2v) is 9.13. The molecule has 1 aromatic heterocycles. The van der Waals surface area contributed by atoms with Gasteiger partial charge in [0.25, 0.3) is 5.91 Å². The summed E-state index contributed by atoms with van der Waals surface area (Å²) in [6, 6.07) is 7.80. The van der Waals surface area contributed by atoms with Crippen molar-refractivity contribution in [2.45, 2.75) is 26.2 Å². The minimum atomic E-state index is -3.19. The van der Waals surface area contributed by atoms with E-state index in [1.807, 2.05) is 24.3 Å². The van der Waals surface area contributed by atoms with Gasteiger partial charge in [-0.2, -0.15) is 4.31 Å². The number of hydrogen-bond acceptors (Lipinski definition) is 4. The zero-order valence-corrected chi connectivity index (χ0v) is 15.8. The first-order chi connectivity index (χ1) is 12.5. The topological polar surface area (TPSA) is 70.6 Å². The number of rotatable bonds is 3. The second-order valence-electron chi connectivity index (χ2n) is 6.87. The Kier molecular flexibility index (Phi) is 4.44. The molecule has 2 heterocycles. The van der Waals surface area contributed by atoms with Crippen LogP contribution >= 0.6 is 0 Å². The van der Waals surface area contributed by atoms with Crippen molar-refractivity contribution in [3.63, 3.8) is 0 Å². The van der Waals surface area contributed by atoms with Crippen LogP contribution in [0.3, 0.4) is 0 Å². The third kappa shape index (κ3) is 2.89. The van der Waals surface area contributed by atoms with Crippen molar-refractivity contribution >= 4 is 26.8 Å². The molecule has 1 amide bonds. The van der Waals surface area contributed by atoms with Crippen molar-refractivity contribution in [1.29, 1.82) is 0 Å². The average Bonchev–Trinajstić information content (AvgIpc) is 3.13. The number of hydrogen-bond donors (Lipinski definition) is 0. The Labute approximate surface area is 153 Å². The summed E-state index contributed by atoms with van der Waals surface area (Å²) in [6.07, 6.45) is 2.84. The Morgan fingerprint density at radius 2 is 1.85 bits per heavy atom. The van der Waals surface area contributed by atoms with Gasteiger partial charge in [-0.25, -0.2) is 8.42 Å². The number of nitrogens with zero attached hydrogens (tertiary/aromatic N) is 3. The molecule has 0 bridgehead atoms. The molecule has 26 heavy (non-hydrogen) atoms. The van der Waals surface area contributed by atoms with E-state index < -0.39 is 10.0 Å². The lowest BCUT2D eigenvalue weighted by Crippen LogP contribution is -2.51. The Morgan fingerprint density at radius 3 is 2.58 bits per heavy atom. The minimum absolute atomic E-state index is 0.00953. The van der Waals surface area contributed by atoms with Gasteiger partial charge >= 0.3 is 0 Å². The van der Waals surface area contributed by atoms with Crippen LogP contribution in [0.2, 0.25) is 0 Å². The van der Waals surface area contributed by atoms with Gasteiger partial charge in [0.1, 0.15) is 0 Å². The fourth-order valence-corrected chi connectivity index (χ4v) is 5.05. The minimum Gasteiger partial charge on any atom is -0.336 e. The molecule has 7 heteroatoms. The summed E-state index contributed by atoms with van der Waals surface area (Å²) in [4.78, 5) is 19.9. The molecule has 1 fully saturated rings. The van der Waals surface area contributed by atoms with Crippen molar-refractivity contribution < 1.29 is 13.2 Å². The van der Waals surface area contributed by atoms with E-state index in [0.717, 1.165) is 47.0 Å². The van der Waals surface area contributed by atoms with Gasteiger partial charge in [0, 0.05) is 37.3 Å². The van der Waals surface area contributed by atoms with E-state index in [0.29, 0.717) is 26.2 Å². The summed E-state index contributed by atoms with van der Waals surface area (Å²) < 4.78 is 25.6. The number of carbonyl (C=O) groups excluding carboxylic acids is 1. The zero-order valence-electron chi connectivity index (χ0n) is 14.9. The normalized spacial score (nSPS) is 18.3. The number of sulfonamides is 1. The maximum atomic E-state index is 13.3. The first-order valence-electron chi connectivity index (χ1n) is 9.19. The molecule has 1 aliphatic heterocycles. The van der Waals surface area contributed by atoms with Crippen LogP contribution in [0.5, 0.6) is 0 Å². The van der Waals surface area contributed by atoms with Crippen LogP contribution in [-0.2, 0) is 22.9 Å². The zero-order chi connectivity index (χ0) is 18.3. The largest absolute Gasteiger partial charge is 0.336 e. The summed E-state index contributed by atoms with van der Waals surface area (Å²) >= 11 is 0. The molecule has 0 N–H and O–H groups in total. The van der Waals surface area contributed by atoms with Crippen LogP contribution in [0.1, 0.15) is 35.0 Å². The Balaban J connectivity index is 1.66. The van der Waals surface area contributed by atoms with E-state index in [4.69, 9.17) is 4.98 Å². The van der Waals surface area contributed by atoms with Gasteiger partial charge in [-0.1, -0.05) is 18.2 Å². The van der Waals surface area contributed by atoms with Crippen LogP contribution in [0.25, 0.3) is 10.9 Å². The Bertz CT molecular complexity index is 963. The fourth-order valence-electron chi connectivity index (χ4n) is 3.97. The maximum absolute atomic E-state index is 13.3. The SMILES string of the molecule is CCS(=O)(=O)N1CCN(C(=O)c2c3c(nc4ccccc24)CCC3)CC1. The van der Waals surface area contributed by atoms with Gasteiger partial charge in [-0.3, -0.25) is 9.78 Å². The van der Waals surface area contributed by atoms with Gasteiger partial charge < -0.3 is 4.90 Å². The fraction of sp³-hybridized carbons (Fsp3) is 0.474. The molecule has 138 valence electrons. The standard InChI is InChI=1S/C19H23N3O3S/c1-2-26(24,25)22-12-10-21(11-13-22)19(23)18-14-6-3-4-8-16(14)20-17-9-5-7-15(17)18/h3-4,6,8H,2,5,7,9-13H2,1H3. The molecule has 2 aromatic rings. The number of carbonyl (C=O) groups is 1. The highest BCUT2D eigenvalue weighted by atomic mass is 32.2. The van der Waals surface area contributed by atoms with Crippen LogP contribution in [0, 0.1) is 0 Å². The Morgan fingerprint density at radius 1 is 1.12 bits per heavy atom. The third-order valence-electron chi connectivity index (χ3n) is 5.42. The van der Waals surface area contributed by atoms with Gasteiger partial charge in [-0.05, 0) is 37.8 Å². The summed E-state index contributed by atoms with van der Waals surface area (Å²) in [6.45, 7) is 3.26. The van der Waals surface area contributed by atoms with Crippen LogP contribution < -0.4 is 0 Å². The monoisotopic (exact) mass is 373 g/mol. The smallest absolute Gasteiger partial charge is 0.254 e. The van der Waals surface area contributed by atoms with E-state index in [-0.39, 0.29) is 11.7 Å². The first-order valence-corrected chi connectivity index (χ1v) is 10.8. The van der Waals surface area contributed by atoms with E-state index >= 15 is 0 Å². The predicted molar refractivity (Wildman–Crippen MR) is 101 cm³/mol. The molecule has 1 aromatic carbocycles. The number of benzene rings is 1. The first kappa shape index (κ1) is 17.4. The number of para-hydroxylation sites is 1. The van der Waals surface area contributed by atoms with E-state index in [1.54, 1.807) is 11.8 Å². The van der Waals surface area contributed by atoms with Gasteiger partial charge in [0.05, 0.1) is 16.8 Å². The van der Waals surface area contributed by atoms with Crippen LogP contribution in [0.4, 0.5) is 0 Å². The lowest BCUT2D eigenvalue weighted by molar-refractivity contribution is 0.0699. The molecule has 0 radical (unpaired) electrons. The lowest BCUT2D eigenvalue weighted by Gasteiger charge is -2.34. The van der Waals surface area contributed by atoms with E-state index in [9.17, 15) is 13.2 Å². The van der Waals surface area contributed by atoms with Crippen LogP contribution in [-0.4, -0.2) is 60.4 Å². The second kappa shape index (κ2) is 6.63. The molecular weight excluding hydrogens is 350 g/mol. The van der Waals surface area contributed by atoms with Gasteiger partial charge in [-0.15, -0.1) is 0 Å². The molecule has 6 nitrogen and oxygen atoms in total. The number of pyridine rings is 1. The molecule has 1 saturated heterocycles. The molecule has 0 unspecified atom stereocenters. The molecule has 1 aliphatic carbocycles. The van der Waals surface area contributed by atoms with Crippen molar-refractivity contribution in [2.24, 2.45) is 0 Å². The van der Waals surface area contributed by atoms with Crippen molar-refractivity contribution in [2.75, 3.05) is 31.9 Å². The quantitative estimate of drug-likeness (QED) is 0.823. The predicted octanol–water partition coefficient (Wildman–Crippen LogP) is 1.83. The molecule has 2 aliphatic rings. The highest BCUT2D eigenvalue weighted by Gasteiger charge is 2.31. The number of aryl methyl sites for hydroxylation is 1. The third-order valence-corrected chi connectivity index (χ3v) is 7.30. The summed E-state index contributed by atoms with van der Waals surface area (Å²) in [7, 11) is -3.19.